The van der Waals surface area contributed by atoms with E-state index in [-0.39, 0.29) is 23.7 Å². The average molecular weight is 537 g/mol. The molecule has 2 aromatic carbocycles. The molecule has 8 heteroatoms. The van der Waals surface area contributed by atoms with Gasteiger partial charge in [-0.15, -0.1) is 0 Å². The van der Waals surface area contributed by atoms with Crippen LogP contribution in [0.2, 0.25) is 0 Å². The topological polar surface area (TPSA) is 99.7 Å². The number of rotatable bonds is 12. The summed E-state index contributed by atoms with van der Waals surface area (Å²) in [5.41, 5.74) is 4.64. The van der Waals surface area contributed by atoms with Gasteiger partial charge in [-0.3, -0.25) is 0 Å². The van der Waals surface area contributed by atoms with E-state index in [1.807, 2.05) is 0 Å². The Hall–Kier alpha value is -4.20. The van der Waals surface area contributed by atoms with Crippen molar-refractivity contribution in [1.82, 2.24) is 19.9 Å². The highest BCUT2D eigenvalue weighted by molar-refractivity contribution is 5.52. The van der Waals surface area contributed by atoms with Gasteiger partial charge in [-0.1, -0.05) is 60.7 Å². The molecular weight excluding hydrogens is 496 g/mol. The van der Waals surface area contributed by atoms with E-state index in [1.54, 1.807) is 0 Å². The number of nitrogens with zero attached hydrogens (tertiary/aromatic N) is 4. The van der Waals surface area contributed by atoms with E-state index in [0.717, 1.165) is 49.2 Å². The minimum atomic E-state index is 0.132. The van der Waals surface area contributed by atoms with Crippen molar-refractivity contribution < 1.29 is 0 Å². The van der Waals surface area contributed by atoms with Crippen LogP contribution in [0.3, 0.4) is 0 Å². The Kier molecular flexibility index (Phi) is 8.74. The number of nitrogens with one attached hydrogen (secondary N) is 4. The van der Waals surface area contributed by atoms with Crippen molar-refractivity contribution in [3.63, 3.8) is 0 Å². The molecule has 2 aromatic heterocycles. The highest BCUT2D eigenvalue weighted by Gasteiger charge is 2.54. The van der Waals surface area contributed by atoms with Gasteiger partial charge in [0.15, 0.2) is 0 Å². The van der Waals surface area contributed by atoms with Crippen LogP contribution in [0.15, 0.2) is 72.8 Å². The number of anilines is 4. The van der Waals surface area contributed by atoms with Gasteiger partial charge in [-0.2, -0.15) is 9.97 Å². The third kappa shape index (κ3) is 5.71. The van der Waals surface area contributed by atoms with Crippen LogP contribution in [0.5, 0.6) is 0 Å². The molecule has 0 radical (unpaired) electrons. The summed E-state index contributed by atoms with van der Waals surface area (Å²) < 4.78 is 0. The van der Waals surface area contributed by atoms with E-state index in [2.05, 4.69) is 122 Å². The van der Waals surface area contributed by atoms with E-state index in [0.29, 0.717) is 11.9 Å². The lowest BCUT2D eigenvalue weighted by atomic mass is 9.50. The third-order valence-corrected chi connectivity index (χ3v) is 7.48. The summed E-state index contributed by atoms with van der Waals surface area (Å²) in [7, 11) is 0. The van der Waals surface area contributed by atoms with Gasteiger partial charge in [-0.25, -0.2) is 9.97 Å². The largest absolute Gasteiger partial charge is 0.370 e. The predicted octanol–water partition coefficient (Wildman–Crippen LogP) is 6.44. The van der Waals surface area contributed by atoms with Gasteiger partial charge < -0.3 is 21.3 Å². The van der Waals surface area contributed by atoms with Gasteiger partial charge in [0, 0.05) is 62.0 Å². The molecule has 1 saturated carbocycles. The maximum absolute atomic E-state index is 5.08. The second-order valence-corrected chi connectivity index (χ2v) is 10.0. The van der Waals surface area contributed by atoms with Gasteiger partial charge in [0.05, 0.1) is 11.4 Å². The molecule has 2 heterocycles. The highest BCUT2D eigenvalue weighted by Crippen LogP contribution is 2.66. The maximum atomic E-state index is 5.08. The average Bonchev–Trinajstić information content (AvgIpc) is 2.94. The summed E-state index contributed by atoms with van der Waals surface area (Å²) in [5.74, 6) is 3.61. The molecule has 1 fully saturated rings. The van der Waals surface area contributed by atoms with Gasteiger partial charge in [0.1, 0.15) is 11.6 Å². The SMILES string of the molecule is CCNc1cc(C2C(c3ccccc3)C(c3cc(NCC)nc(NCC)n3)C2c2ccccc2)nc(NCC)n1. The van der Waals surface area contributed by atoms with Crippen molar-refractivity contribution in [3.8, 4) is 0 Å². The van der Waals surface area contributed by atoms with E-state index < -0.39 is 0 Å². The molecule has 208 valence electrons. The molecule has 0 amide bonds. The van der Waals surface area contributed by atoms with Crippen LogP contribution in [0, 0.1) is 0 Å². The lowest BCUT2D eigenvalue weighted by Crippen LogP contribution is -2.41. The minimum absolute atomic E-state index is 0.132. The van der Waals surface area contributed by atoms with Crippen LogP contribution in [-0.2, 0) is 0 Å². The van der Waals surface area contributed by atoms with Crippen molar-refractivity contribution in [2.45, 2.75) is 51.4 Å². The fraction of sp³-hybridized carbons (Fsp3) is 0.375. The molecule has 0 aliphatic heterocycles. The Bertz CT molecular complexity index is 1220. The van der Waals surface area contributed by atoms with Gasteiger partial charge >= 0.3 is 0 Å². The zero-order valence-corrected chi connectivity index (χ0v) is 23.9. The second kappa shape index (κ2) is 12.8. The van der Waals surface area contributed by atoms with Crippen LogP contribution in [-0.4, -0.2) is 46.1 Å². The van der Waals surface area contributed by atoms with Gasteiger partial charge in [-0.05, 0) is 38.8 Å². The lowest BCUT2D eigenvalue weighted by Gasteiger charge is -2.52. The zero-order valence-electron chi connectivity index (χ0n) is 23.9. The van der Waals surface area contributed by atoms with Gasteiger partial charge in [0.25, 0.3) is 0 Å². The molecule has 1 aliphatic rings. The normalized spacial score (nSPS) is 19.9. The summed E-state index contributed by atoms with van der Waals surface area (Å²) in [4.78, 5) is 19.6. The monoisotopic (exact) mass is 536 g/mol. The first-order chi connectivity index (χ1) is 19.7. The first-order valence-electron chi connectivity index (χ1n) is 14.5. The molecule has 8 nitrogen and oxygen atoms in total. The Labute approximate surface area is 237 Å². The Morgan fingerprint density at radius 2 is 0.850 bits per heavy atom. The summed E-state index contributed by atoms with van der Waals surface area (Å²) in [5, 5.41) is 13.5. The molecule has 0 bridgehead atoms. The maximum Gasteiger partial charge on any atom is 0.224 e. The fourth-order valence-electron chi connectivity index (χ4n) is 5.95. The number of hydrogen-bond acceptors (Lipinski definition) is 8. The Morgan fingerprint density at radius 1 is 0.475 bits per heavy atom. The van der Waals surface area contributed by atoms with Crippen molar-refractivity contribution in [2.24, 2.45) is 0 Å². The highest BCUT2D eigenvalue weighted by atomic mass is 15.2. The summed E-state index contributed by atoms with van der Waals surface area (Å²) in [6.07, 6.45) is 0. The van der Waals surface area contributed by atoms with Crippen LogP contribution in [0.4, 0.5) is 23.5 Å². The number of aromatic nitrogens is 4. The third-order valence-electron chi connectivity index (χ3n) is 7.48. The second-order valence-electron chi connectivity index (χ2n) is 10.0. The van der Waals surface area contributed by atoms with Crippen LogP contribution in [0.1, 0.15) is 73.9 Å². The molecule has 0 spiro atoms. The number of benzene rings is 2. The van der Waals surface area contributed by atoms with Crippen molar-refractivity contribution in [2.75, 3.05) is 47.4 Å². The van der Waals surface area contributed by atoms with Gasteiger partial charge in [0.2, 0.25) is 11.9 Å². The lowest BCUT2D eigenvalue weighted by molar-refractivity contribution is 0.220. The van der Waals surface area contributed by atoms with E-state index in [1.165, 1.54) is 11.1 Å². The molecular formula is C32H40N8. The summed E-state index contributed by atoms with van der Waals surface area (Å²) >= 11 is 0. The summed E-state index contributed by atoms with van der Waals surface area (Å²) in [6, 6.07) is 25.9. The first kappa shape index (κ1) is 27.4. The van der Waals surface area contributed by atoms with Crippen LogP contribution < -0.4 is 21.3 Å². The standard InChI is InChI=1S/C32H40N8/c1-5-33-25-19-23(37-31(39-25)35-7-3)29-27(21-15-11-9-12-16-21)30(28(29)22-17-13-10-14-18-22)24-20-26(34-6-2)40-32(38-24)36-8-4/h9-20,27-30H,5-8H2,1-4H3,(H2,33,35,37,39)(H2,34,36,38,40). The molecule has 0 unspecified atom stereocenters. The molecule has 4 N–H and O–H groups in total. The smallest absolute Gasteiger partial charge is 0.224 e. The minimum Gasteiger partial charge on any atom is -0.370 e. The molecule has 4 aromatic rings. The fourth-order valence-corrected chi connectivity index (χ4v) is 5.95. The molecule has 0 saturated heterocycles. The Morgan fingerprint density at radius 3 is 1.20 bits per heavy atom. The molecule has 1 aliphatic carbocycles. The van der Waals surface area contributed by atoms with Crippen molar-refractivity contribution in [3.05, 3.63) is 95.3 Å². The zero-order chi connectivity index (χ0) is 27.9. The summed E-state index contributed by atoms with van der Waals surface area (Å²) in [6.45, 7) is 11.4. The van der Waals surface area contributed by atoms with Crippen molar-refractivity contribution >= 4 is 23.5 Å². The van der Waals surface area contributed by atoms with E-state index in [4.69, 9.17) is 19.9 Å². The van der Waals surface area contributed by atoms with Crippen molar-refractivity contribution in [1.29, 1.82) is 0 Å². The predicted molar refractivity (Wildman–Crippen MR) is 165 cm³/mol. The Balaban J connectivity index is 1.70. The van der Waals surface area contributed by atoms with Crippen LogP contribution >= 0.6 is 0 Å². The van der Waals surface area contributed by atoms with Crippen LogP contribution in [0.25, 0.3) is 0 Å². The van der Waals surface area contributed by atoms with E-state index >= 15 is 0 Å². The molecule has 40 heavy (non-hydrogen) atoms. The quantitative estimate of drug-likeness (QED) is 0.164. The number of hydrogen-bond donors (Lipinski definition) is 4. The molecule has 0 atom stereocenters. The first-order valence-corrected chi connectivity index (χ1v) is 14.5. The molecule has 5 rings (SSSR count). The van der Waals surface area contributed by atoms with E-state index in [9.17, 15) is 0 Å².